The summed E-state index contributed by atoms with van der Waals surface area (Å²) in [5.74, 6) is 0.223. The molecule has 3 rings (SSSR count). The maximum Gasteiger partial charge on any atom is 0.213 e. The third kappa shape index (κ3) is 3.08. The lowest BCUT2D eigenvalue weighted by molar-refractivity contribution is 0.325. The van der Waals surface area contributed by atoms with Crippen LogP contribution in [0.15, 0.2) is 24.3 Å². The molecule has 0 radical (unpaired) electrons. The van der Waals surface area contributed by atoms with Crippen LogP contribution in [0.2, 0.25) is 0 Å². The maximum atomic E-state index is 7.79. The average molecular weight is 301 g/mol. The molecular weight excluding hydrogens is 282 g/mol. The van der Waals surface area contributed by atoms with Gasteiger partial charge in [0.1, 0.15) is 10.0 Å². The van der Waals surface area contributed by atoms with Crippen molar-refractivity contribution in [1.82, 2.24) is 4.98 Å². The van der Waals surface area contributed by atoms with Crippen LogP contribution in [0.25, 0.3) is 10.6 Å². The Morgan fingerprint density at radius 3 is 2.90 bits per heavy atom. The number of aromatic nitrogens is 1. The fraction of sp³-hybridized carbons (Fsp3) is 0.375. The van der Waals surface area contributed by atoms with Gasteiger partial charge >= 0.3 is 0 Å². The first-order chi connectivity index (χ1) is 10.3. The van der Waals surface area contributed by atoms with Crippen molar-refractivity contribution < 1.29 is 4.74 Å². The fourth-order valence-electron chi connectivity index (χ4n) is 2.39. The van der Waals surface area contributed by atoms with E-state index in [1.165, 1.54) is 23.5 Å². The van der Waals surface area contributed by atoms with Crippen LogP contribution in [0.5, 0.6) is 0 Å². The number of fused-ring (bicyclic) bond motifs is 1. The molecule has 1 aromatic carbocycles. The molecule has 0 fully saturated rings. The molecule has 0 atom stereocenters. The van der Waals surface area contributed by atoms with Crippen LogP contribution in [0.1, 0.15) is 31.0 Å². The van der Waals surface area contributed by atoms with Gasteiger partial charge in [0, 0.05) is 17.7 Å². The quantitative estimate of drug-likeness (QED) is 0.667. The second kappa shape index (κ2) is 6.26. The highest BCUT2D eigenvalue weighted by Crippen LogP contribution is 2.34. The molecule has 110 valence electrons. The highest BCUT2D eigenvalue weighted by Gasteiger charge is 2.14. The highest BCUT2D eigenvalue weighted by molar-refractivity contribution is 7.19. The Balaban J connectivity index is 1.82. The number of benzene rings is 1. The van der Waals surface area contributed by atoms with Crippen LogP contribution in [0.3, 0.4) is 0 Å². The van der Waals surface area contributed by atoms with E-state index in [-0.39, 0.29) is 5.90 Å². The molecule has 0 bridgehead atoms. The van der Waals surface area contributed by atoms with Crippen molar-refractivity contribution in [3.05, 3.63) is 35.5 Å². The smallest absolute Gasteiger partial charge is 0.213 e. The number of nitrogens with zero attached hydrogens (tertiary/aromatic N) is 1. The molecular formula is C16H19N3OS. The number of rotatable bonds is 3. The first-order valence-corrected chi connectivity index (χ1v) is 8.15. The molecule has 0 unspecified atom stereocenters. The molecule has 1 aromatic heterocycles. The normalized spacial score (nSPS) is 14.0. The van der Waals surface area contributed by atoms with Crippen molar-refractivity contribution in [3.63, 3.8) is 0 Å². The summed E-state index contributed by atoms with van der Waals surface area (Å²) in [6.45, 7) is 3.45. The molecule has 0 amide bonds. The Hall–Kier alpha value is -1.88. The van der Waals surface area contributed by atoms with Gasteiger partial charge in [-0.3, -0.25) is 5.41 Å². The monoisotopic (exact) mass is 301 g/mol. The maximum absolute atomic E-state index is 7.79. The molecule has 2 aromatic rings. The predicted molar refractivity (Wildman–Crippen MR) is 87.4 cm³/mol. The molecule has 0 saturated carbocycles. The summed E-state index contributed by atoms with van der Waals surface area (Å²) in [5.41, 5.74) is 3.10. The fourth-order valence-corrected chi connectivity index (χ4v) is 3.44. The molecule has 1 aliphatic heterocycles. The van der Waals surface area contributed by atoms with Crippen LogP contribution >= 0.6 is 11.3 Å². The van der Waals surface area contributed by atoms with Crippen LogP contribution in [0.4, 0.5) is 5.00 Å². The summed E-state index contributed by atoms with van der Waals surface area (Å²) in [6, 6.07) is 7.88. The Kier molecular flexibility index (Phi) is 4.20. The van der Waals surface area contributed by atoms with Crippen LogP contribution in [-0.2, 0) is 11.2 Å². The lowest BCUT2D eigenvalue weighted by Crippen LogP contribution is -2.04. The summed E-state index contributed by atoms with van der Waals surface area (Å²) in [5, 5.41) is 13.5. The SMILES string of the molecule is CCOC(=N)c1ccc(-c2nc3c(s2)NCCCC3)cc1. The van der Waals surface area contributed by atoms with Gasteiger partial charge in [-0.2, -0.15) is 0 Å². The Morgan fingerprint density at radius 2 is 2.14 bits per heavy atom. The van der Waals surface area contributed by atoms with Gasteiger partial charge in [0.15, 0.2) is 0 Å². The van der Waals surface area contributed by atoms with E-state index in [0.717, 1.165) is 29.1 Å². The molecule has 2 N–H and O–H groups in total. The van der Waals surface area contributed by atoms with Crippen LogP contribution in [-0.4, -0.2) is 24.0 Å². The summed E-state index contributed by atoms with van der Waals surface area (Å²) in [7, 11) is 0. The molecule has 21 heavy (non-hydrogen) atoms. The van der Waals surface area contributed by atoms with Gasteiger partial charge in [-0.25, -0.2) is 4.98 Å². The second-order valence-electron chi connectivity index (χ2n) is 5.02. The van der Waals surface area contributed by atoms with Gasteiger partial charge in [-0.05, 0) is 38.3 Å². The minimum atomic E-state index is 0.223. The lowest BCUT2D eigenvalue weighted by atomic mass is 10.1. The summed E-state index contributed by atoms with van der Waals surface area (Å²) in [4.78, 5) is 4.76. The molecule has 0 aliphatic carbocycles. The number of nitrogens with one attached hydrogen (secondary N) is 2. The van der Waals surface area contributed by atoms with Crippen LogP contribution in [0, 0.1) is 5.41 Å². The zero-order valence-electron chi connectivity index (χ0n) is 12.1. The largest absolute Gasteiger partial charge is 0.478 e. The summed E-state index contributed by atoms with van der Waals surface area (Å²) >= 11 is 1.72. The third-order valence-corrected chi connectivity index (χ3v) is 4.61. The van der Waals surface area contributed by atoms with Gasteiger partial charge in [0.2, 0.25) is 5.90 Å². The number of hydrogen-bond donors (Lipinski definition) is 2. The number of thiazole rings is 1. The Labute approximate surface area is 128 Å². The van der Waals surface area contributed by atoms with Gasteiger partial charge in [-0.1, -0.05) is 23.5 Å². The number of ether oxygens (including phenoxy) is 1. The molecule has 0 saturated heterocycles. The molecule has 2 heterocycles. The minimum Gasteiger partial charge on any atom is -0.478 e. The average Bonchev–Trinajstić information content (AvgIpc) is 2.79. The lowest BCUT2D eigenvalue weighted by Gasteiger charge is -2.05. The molecule has 1 aliphatic rings. The van der Waals surface area contributed by atoms with E-state index in [2.05, 4.69) is 5.32 Å². The zero-order chi connectivity index (χ0) is 14.7. The minimum absolute atomic E-state index is 0.223. The first kappa shape index (κ1) is 14.1. The molecule has 4 nitrogen and oxygen atoms in total. The van der Waals surface area contributed by atoms with E-state index in [1.54, 1.807) is 11.3 Å². The van der Waals surface area contributed by atoms with Crippen molar-refractivity contribution in [2.24, 2.45) is 0 Å². The third-order valence-electron chi connectivity index (χ3n) is 3.51. The van der Waals surface area contributed by atoms with Crippen LogP contribution < -0.4 is 5.32 Å². The highest BCUT2D eigenvalue weighted by atomic mass is 32.1. The van der Waals surface area contributed by atoms with E-state index in [0.29, 0.717) is 6.61 Å². The van der Waals surface area contributed by atoms with E-state index in [1.807, 2.05) is 31.2 Å². The zero-order valence-corrected chi connectivity index (χ0v) is 12.9. The van der Waals surface area contributed by atoms with Crippen molar-refractivity contribution in [2.75, 3.05) is 18.5 Å². The molecule has 5 heteroatoms. The van der Waals surface area contributed by atoms with E-state index < -0.39 is 0 Å². The van der Waals surface area contributed by atoms with E-state index >= 15 is 0 Å². The Morgan fingerprint density at radius 1 is 1.33 bits per heavy atom. The van der Waals surface area contributed by atoms with Crippen molar-refractivity contribution in [1.29, 1.82) is 5.41 Å². The second-order valence-corrected chi connectivity index (χ2v) is 6.02. The van der Waals surface area contributed by atoms with E-state index in [4.69, 9.17) is 15.1 Å². The van der Waals surface area contributed by atoms with Gasteiger partial charge in [0.25, 0.3) is 0 Å². The first-order valence-electron chi connectivity index (χ1n) is 7.33. The number of hydrogen-bond acceptors (Lipinski definition) is 5. The standard InChI is InChI=1S/C16H19N3OS/c1-2-20-14(17)11-6-8-12(9-7-11)15-19-13-5-3-4-10-18-16(13)21-15/h6-9,17-18H,2-5,10H2,1H3. The molecule has 0 spiro atoms. The van der Waals surface area contributed by atoms with Gasteiger partial charge in [-0.15, -0.1) is 0 Å². The van der Waals surface area contributed by atoms with Crippen molar-refractivity contribution in [2.45, 2.75) is 26.2 Å². The van der Waals surface area contributed by atoms with E-state index in [9.17, 15) is 0 Å². The van der Waals surface area contributed by atoms with Crippen molar-refractivity contribution in [3.8, 4) is 10.6 Å². The predicted octanol–water partition coefficient (Wildman–Crippen LogP) is 3.92. The van der Waals surface area contributed by atoms with Gasteiger partial charge < -0.3 is 10.1 Å². The topological polar surface area (TPSA) is 58.0 Å². The van der Waals surface area contributed by atoms with Crippen molar-refractivity contribution >= 4 is 22.2 Å². The Bertz CT molecular complexity index is 610. The summed E-state index contributed by atoms with van der Waals surface area (Å²) < 4.78 is 5.21. The number of aryl methyl sites for hydroxylation is 1. The number of anilines is 1. The van der Waals surface area contributed by atoms with Gasteiger partial charge in [0.05, 0.1) is 12.3 Å². The summed E-state index contributed by atoms with van der Waals surface area (Å²) in [6.07, 6.45) is 3.48.